The number of nitrogens with zero attached hydrogens (tertiary/aromatic N) is 2. The van der Waals surface area contributed by atoms with Crippen LogP contribution in [0.15, 0.2) is 0 Å². The summed E-state index contributed by atoms with van der Waals surface area (Å²) in [4.78, 5) is 4.04. The monoisotopic (exact) mass is 190 g/mol. The Kier molecular flexibility index (Phi) is 2.07. The summed E-state index contributed by atoms with van der Waals surface area (Å²) in [6, 6.07) is 0. The molecule has 0 spiro atoms. The maximum absolute atomic E-state index is 5.57. The van der Waals surface area contributed by atoms with Crippen molar-refractivity contribution in [3.05, 3.63) is 10.3 Å². The minimum atomic E-state index is 0.153. The SMILES string of the molecule is Clc1nsc(C2CCCO2)n1. The Morgan fingerprint density at radius 2 is 2.55 bits per heavy atom. The van der Waals surface area contributed by atoms with Crippen LogP contribution in [0.1, 0.15) is 24.0 Å². The largest absolute Gasteiger partial charge is 0.371 e. The standard InChI is InChI=1S/C6H7ClN2OS/c7-6-8-5(11-9-6)4-2-1-3-10-4/h4H,1-3H2. The lowest BCUT2D eigenvalue weighted by atomic mass is 10.2. The molecule has 0 radical (unpaired) electrons. The Morgan fingerprint density at radius 1 is 1.64 bits per heavy atom. The third-order valence-electron chi connectivity index (χ3n) is 1.62. The van der Waals surface area contributed by atoms with Crippen LogP contribution in [0.25, 0.3) is 0 Å². The van der Waals surface area contributed by atoms with Crippen LogP contribution in [0.4, 0.5) is 0 Å². The smallest absolute Gasteiger partial charge is 0.234 e. The van der Waals surface area contributed by atoms with Crippen LogP contribution in [-0.2, 0) is 4.74 Å². The number of aromatic nitrogens is 2. The van der Waals surface area contributed by atoms with E-state index >= 15 is 0 Å². The quantitative estimate of drug-likeness (QED) is 0.680. The van der Waals surface area contributed by atoms with Crippen molar-refractivity contribution in [3.8, 4) is 0 Å². The molecule has 0 bridgehead atoms. The van der Waals surface area contributed by atoms with Gasteiger partial charge < -0.3 is 4.74 Å². The van der Waals surface area contributed by atoms with Gasteiger partial charge in [0.2, 0.25) is 5.28 Å². The summed E-state index contributed by atoms with van der Waals surface area (Å²) in [5.41, 5.74) is 0. The zero-order valence-corrected chi connectivity index (χ0v) is 7.36. The van der Waals surface area contributed by atoms with Gasteiger partial charge in [0.1, 0.15) is 11.1 Å². The highest BCUT2D eigenvalue weighted by Crippen LogP contribution is 2.29. The predicted molar refractivity (Wildman–Crippen MR) is 42.8 cm³/mol. The first-order chi connectivity index (χ1) is 5.36. The van der Waals surface area contributed by atoms with E-state index < -0.39 is 0 Å². The highest BCUT2D eigenvalue weighted by molar-refractivity contribution is 7.05. The second-order valence-corrected chi connectivity index (χ2v) is 3.52. The number of hydrogen-bond donors (Lipinski definition) is 0. The molecule has 0 aromatic carbocycles. The van der Waals surface area contributed by atoms with Gasteiger partial charge in [-0.3, -0.25) is 0 Å². The zero-order chi connectivity index (χ0) is 7.68. The molecule has 5 heteroatoms. The molecule has 3 nitrogen and oxygen atoms in total. The highest BCUT2D eigenvalue weighted by atomic mass is 35.5. The summed E-state index contributed by atoms with van der Waals surface area (Å²) < 4.78 is 9.28. The molecule has 2 rings (SSSR count). The van der Waals surface area contributed by atoms with Crippen molar-refractivity contribution in [2.75, 3.05) is 6.61 Å². The molecule has 0 aliphatic carbocycles. The number of rotatable bonds is 1. The Balaban J connectivity index is 2.15. The molecule has 2 heterocycles. The molecule has 1 atom stereocenters. The van der Waals surface area contributed by atoms with E-state index in [0.717, 1.165) is 24.5 Å². The highest BCUT2D eigenvalue weighted by Gasteiger charge is 2.21. The Morgan fingerprint density at radius 3 is 3.09 bits per heavy atom. The molecule has 11 heavy (non-hydrogen) atoms. The van der Waals surface area contributed by atoms with Crippen molar-refractivity contribution >= 4 is 23.1 Å². The minimum Gasteiger partial charge on any atom is -0.371 e. The van der Waals surface area contributed by atoms with E-state index in [2.05, 4.69) is 9.36 Å². The van der Waals surface area contributed by atoms with Crippen molar-refractivity contribution in [2.45, 2.75) is 18.9 Å². The summed E-state index contributed by atoms with van der Waals surface area (Å²) in [6.07, 6.45) is 2.31. The van der Waals surface area contributed by atoms with Crippen molar-refractivity contribution in [1.82, 2.24) is 9.36 Å². The van der Waals surface area contributed by atoms with Crippen molar-refractivity contribution in [1.29, 1.82) is 0 Å². The molecule has 1 aliphatic rings. The molecule has 1 aromatic heterocycles. The molecule has 1 unspecified atom stereocenters. The summed E-state index contributed by atoms with van der Waals surface area (Å²) in [6.45, 7) is 0.835. The summed E-state index contributed by atoms with van der Waals surface area (Å²) in [5, 5.41) is 1.24. The van der Waals surface area contributed by atoms with E-state index in [9.17, 15) is 0 Å². The molecule has 0 saturated carbocycles. The van der Waals surface area contributed by atoms with Gasteiger partial charge in [0.15, 0.2) is 0 Å². The average molecular weight is 191 g/mol. The van der Waals surface area contributed by atoms with Gasteiger partial charge in [0.05, 0.1) is 0 Å². The molecular formula is C6H7ClN2OS. The lowest BCUT2D eigenvalue weighted by molar-refractivity contribution is 0.111. The van der Waals surface area contributed by atoms with E-state index in [4.69, 9.17) is 16.3 Å². The van der Waals surface area contributed by atoms with Crippen LogP contribution in [0.2, 0.25) is 5.28 Å². The van der Waals surface area contributed by atoms with Crippen molar-refractivity contribution < 1.29 is 4.74 Å². The molecule has 1 aromatic rings. The molecule has 0 amide bonds. The number of hydrogen-bond acceptors (Lipinski definition) is 4. The number of halogens is 1. The van der Waals surface area contributed by atoms with Crippen LogP contribution >= 0.6 is 23.1 Å². The van der Waals surface area contributed by atoms with Crippen LogP contribution in [0.3, 0.4) is 0 Å². The van der Waals surface area contributed by atoms with Gasteiger partial charge in [0.25, 0.3) is 0 Å². The second-order valence-electron chi connectivity index (χ2n) is 2.40. The molecule has 0 N–H and O–H groups in total. The third-order valence-corrected chi connectivity index (χ3v) is 2.70. The van der Waals surface area contributed by atoms with Gasteiger partial charge >= 0.3 is 0 Å². The minimum absolute atomic E-state index is 0.153. The average Bonchev–Trinajstić information content (AvgIpc) is 2.55. The Bertz CT molecular complexity index is 246. The molecule has 1 saturated heterocycles. The topological polar surface area (TPSA) is 35.0 Å². The molecule has 1 aliphatic heterocycles. The molecule has 60 valence electrons. The normalized spacial score (nSPS) is 24.3. The fourth-order valence-electron chi connectivity index (χ4n) is 1.12. The maximum Gasteiger partial charge on any atom is 0.234 e. The Hall–Kier alpha value is -0.190. The first kappa shape index (κ1) is 7.46. The van der Waals surface area contributed by atoms with E-state index in [1.54, 1.807) is 0 Å². The zero-order valence-electron chi connectivity index (χ0n) is 5.79. The fraction of sp³-hybridized carbons (Fsp3) is 0.667. The van der Waals surface area contributed by atoms with Crippen LogP contribution in [0.5, 0.6) is 0 Å². The van der Waals surface area contributed by atoms with E-state index in [1.807, 2.05) is 0 Å². The van der Waals surface area contributed by atoms with Gasteiger partial charge in [-0.2, -0.15) is 4.37 Å². The van der Waals surface area contributed by atoms with Crippen molar-refractivity contribution in [2.24, 2.45) is 0 Å². The van der Waals surface area contributed by atoms with E-state index in [-0.39, 0.29) is 6.10 Å². The lowest BCUT2D eigenvalue weighted by Gasteiger charge is -2.01. The fourth-order valence-corrected chi connectivity index (χ4v) is 2.00. The Labute approximate surface area is 73.5 Å². The lowest BCUT2D eigenvalue weighted by Crippen LogP contribution is -1.93. The van der Waals surface area contributed by atoms with Gasteiger partial charge in [-0.15, -0.1) is 0 Å². The molecular weight excluding hydrogens is 184 g/mol. The first-order valence-corrected chi connectivity index (χ1v) is 4.62. The summed E-state index contributed by atoms with van der Waals surface area (Å²) in [7, 11) is 0. The summed E-state index contributed by atoms with van der Waals surface area (Å²) >= 11 is 6.90. The first-order valence-electron chi connectivity index (χ1n) is 3.47. The predicted octanol–water partition coefficient (Wildman–Crippen LogP) is 2.04. The van der Waals surface area contributed by atoms with E-state index in [1.165, 1.54) is 11.5 Å². The van der Waals surface area contributed by atoms with Gasteiger partial charge in [-0.1, -0.05) is 0 Å². The van der Waals surface area contributed by atoms with Gasteiger partial charge in [-0.25, -0.2) is 4.98 Å². The molecule has 1 fully saturated rings. The maximum atomic E-state index is 5.57. The van der Waals surface area contributed by atoms with Crippen LogP contribution < -0.4 is 0 Å². The second kappa shape index (κ2) is 3.05. The summed E-state index contributed by atoms with van der Waals surface area (Å²) in [5.74, 6) is 0. The third kappa shape index (κ3) is 1.52. The van der Waals surface area contributed by atoms with Crippen LogP contribution in [-0.4, -0.2) is 16.0 Å². The van der Waals surface area contributed by atoms with E-state index in [0.29, 0.717) is 5.28 Å². The van der Waals surface area contributed by atoms with Crippen molar-refractivity contribution in [3.63, 3.8) is 0 Å². The number of ether oxygens (including phenoxy) is 1. The van der Waals surface area contributed by atoms with Gasteiger partial charge in [-0.05, 0) is 36.0 Å². The van der Waals surface area contributed by atoms with Gasteiger partial charge in [0, 0.05) is 6.61 Å². The van der Waals surface area contributed by atoms with Crippen LogP contribution in [0, 0.1) is 0 Å².